The largest absolute Gasteiger partial charge is 0.493 e. The Morgan fingerprint density at radius 1 is 1.35 bits per heavy atom. The van der Waals surface area contributed by atoms with Crippen molar-refractivity contribution in [3.05, 3.63) is 28.7 Å². The maximum Gasteiger partial charge on any atom is 0.217 e. The molecule has 20 heavy (non-hydrogen) atoms. The summed E-state index contributed by atoms with van der Waals surface area (Å²) in [5.74, 6) is 1.42. The van der Waals surface area contributed by atoms with E-state index in [0.717, 1.165) is 10.5 Å². The van der Waals surface area contributed by atoms with E-state index in [2.05, 4.69) is 5.32 Å². The van der Waals surface area contributed by atoms with Crippen molar-refractivity contribution in [3.63, 3.8) is 0 Å². The number of benzene rings is 1. The zero-order valence-electron chi connectivity index (χ0n) is 11.2. The van der Waals surface area contributed by atoms with Gasteiger partial charge < -0.3 is 9.47 Å². The number of aldehydes is 1. The Labute approximate surface area is 121 Å². The van der Waals surface area contributed by atoms with Crippen molar-refractivity contribution >= 4 is 29.9 Å². The van der Waals surface area contributed by atoms with Crippen LogP contribution in [0.2, 0.25) is 0 Å². The first-order chi connectivity index (χ1) is 9.69. The Balaban J connectivity index is 2.30. The number of carbonyl (C=O) groups excluding carboxylic acids is 2. The van der Waals surface area contributed by atoms with Gasteiger partial charge in [0.05, 0.1) is 14.2 Å². The van der Waals surface area contributed by atoms with Crippen molar-refractivity contribution in [3.8, 4) is 11.5 Å². The first-order valence-electron chi connectivity index (χ1n) is 5.98. The molecule has 0 amide bonds. The number of carbonyl (C=O) groups is 2. The monoisotopic (exact) mass is 293 g/mol. The average Bonchev–Trinajstić information content (AvgIpc) is 2.94. The Bertz CT molecular complexity index is 556. The smallest absolute Gasteiger partial charge is 0.217 e. The van der Waals surface area contributed by atoms with Crippen LogP contribution >= 0.6 is 11.8 Å². The molecular formula is C14H15NO4S. The van der Waals surface area contributed by atoms with Crippen molar-refractivity contribution in [1.82, 2.24) is 5.32 Å². The van der Waals surface area contributed by atoms with Gasteiger partial charge in [0.15, 0.2) is 17.8 Å². The van der Waals surface area contributed by atoms with Crippen LogP contribution in [0.3, 0.4) is 0 Å². The van der Waals surface area contributed by atoms with Crippen molar-refractivity contribution in [2.24, 2.45) is 0 Å². The Morgan fingerprint density at radius 3 is 2.75 bits per heavy atom. The van der Waals surface area contributed by atoms with Gasteiger partial charge in [-0.15, -0.1) is 11.8 Å². The lowest BCUT2D eigenvalue weighted by molar-refractivity contribution is -0.130. The Kier molecular flexibility index (Phi) is 4.81. The summed E-state index contributed by atoms with van der Waals surface area (Å²) in [6.45, 7) is 0. The third-order valence-electron chi connectivity index (χ3n) is 2.93. The third kappa shape index (κ3) is 3.02. The number of hydrogen-bond acceptors (Lipinski definition) is 6. The van der Waals surface area contributed by atoms with Gasteiger partial charge in [0.25, 0.3) is 0 Å². The molecule has 1 aromatic rings. The number of Topliss-reactive ketones (excluding diaryl/α,β-unsaturated/α-hetero) is 1. The number of thioether (sulfide) groups is 1. The fourth-order valence-corrected chi connectivity index (χ4v) is 2.94. The minimum absolute atomic E-state index is 0.353. The number of ketones is 1. The molecule has 1 aliphatic rings. The second kappa shape index (κ2) is 6.58. The highest BCUT2D eigenvalue weighted by Gasteiger charge is 2.27. The summed E-state index contributed by atoms with van der Waals surface area (Å²) in [4.78, 5) is 22.9. The summed E-state index contributed by atoms with van der Waals surface area (Å²) in [5, 5.41) is 2.99. The number of methoxy groups -OCH3 is 2. The quantitative estimate of drug-likeness (QED) is 0.655. The molecular weight excluding hydrogens is 278 g/mol. The molecule has 1 aliphatic heterocycles. The zero-order chi connectivity index (χ0) is 14.5. The topological polar surface area (TPSA) is 64.6 Å². The molecule has 1 unspecified atom stereocenters. The van der Waals surface area contributed by atoms with Crippen molar-refractivity contribution in [2.45, 2.75) is 6.04 Å². The fraction of sp³-hybridized carbons (Fsp3) is 0.286. The number of hydrogen-bond donors (Lipinski definition) is 1. The summed E-state index contributed by atoms with van der Waals surface area (Å²) >= 11 is 1.51. The molecule has 0 radical (unpaired) electrons. The Morgan fingerprint density at radius 2 is 2.10 bits per heavy atom. The molecule has 0 aliphatic carbocycles. The lowest BCUT2D eigenvalue weighted by atomic mass is 10.1. The fourth-order valence-electron chi connectivity index (χ4n) is 1.93. The second-order valence-electron chi connectivity index (χ2n) is 4.11. The van der Waals surface area contributed by atoms with E-state index in [4.69, 9.17) is 9.47 Å². The standard InChI is InChI=1S/C14H15NO4S/c1-18-11-4-3-9(5-12(11)19-2)6-13-14(10(17)7-16)15-8-20-13/h3-7,14-15H,8H2,1-2H3. The molecule has 1 saturated heterocycles. The van der Waals surface area contributed by atoms with Gasteiger partial charge in [0.1, 0.15) is 6.04 Å². The average molecular weight is 293 g/mol. The second-order valence-corrected chi connectivity index (χ2v) is 5.16. The van der Waals surface area contributed by atoms with Crippen molar-refractivity contribution in [2.75, 3.05) is 20.1 Å². The predicted molar refractivity (Wildman–Crippen MR) is 78.0 cm³/mol. The summed E-state index contributed by atoms with van der Waals surface area (Å²) in [6.07, 6.45) is 2.23. The minimum Gasteiger partial charge on any atom is -0.493 e. The van der Waals surface area contributed by atoms with E-state index in [1.54, 1.807) is 20.3 Å². The van der Waals surface area contributed by atoms with Crippen LogP contribution in [0.1, 0.15) is 5.56 Å². The summed E-state index contributed by atoms with van der Waals surface area (Å²) in [5.41, 5.74) is 0.887. The molecule has 0 spiro atoms. The van der Waals surface area contributed by atoms with Crippen LogP contribution in [0.4, 0.5) is 0 Å². The van der Waals surface area contributed by atoms with E-state index in [1.165, 1.54) is 11.8 Å². The van der Waals surface area contributed by atoms with Gasteiger partial charge in [-0.3, -0.25) is 14.9 Å². The number of ether oxygens (including phenoxy) is 2. The number of rotatable bonds is 5. The normalized spacial score (nSPS) is 19.9. The van der Waals surface area contributed by atoms with Crippen LogP contribution < -0.4 is 14.8 Å². The van der Waals surface area contributed by atoms with Gasteiger partial charge in [-0.1, -0.05) is 6.07 Å². The van der Waals surface area contributed by atoms with Crippen molar-refractivity contribution in [1.29, 1.82) is 0 Å². The maximum atomic E-state index is 11.5. The summed E-state index contributed by atoms with van der Waals surface area (Å²) in [7, 11) is 3.14. The van der Waals surface area contributed by atoms with Crippen LogP contribution in [0.25, 0.3) is 6.08 Å². The molecule has 6 heteroatoms. The van der Waals surface area contributed by atoms with Crippen LogP contribution in [0.5, 0.6) is 11.5 Å². The maximum absolute atomic E-state index is 11.5. The van der Waals surface area contributed by atoms with E-state index in [9.17, 15) is 9.59 Å². The lowest BCUT2D eigenvalue weighted by Gasteiger charge is -2.09. The van der Waals surface area contributed by atoms with Crippen LogP contribution in [0.15, 0.2) is 23.1 Å². The molecule has 1 aromatic carbocycles. The lowest BCUT2D eigenvalue weighted by Crippen LogP contribution is -2.32. The molecule has 0 bridgehead atoms. The van der Waals surface area contributed by atoms with E-state index in [1.807, 2.05) is 18.2 Å². The third-order valence-corrected chi connectivity index (χ3v) is 3.93. The van der Waals surface area contributed by atoms with E-state index in [0.29, 0.717) is 23.7 Å². The highest BCUT2D eigenvalue weighted by atomic mass is 32.2. The van der Waals surface area contributed by atoms with E-state index < -0.39 is 11.8 Å². The Hall–Kier alpha value is -1.79. The van der Waals surface area contributed by atoms with Gasteiger partial charge in [-0.2, -0.15) is 0 Å². The minimum atomic E-state index is -0.536. The van der Waals surface area contributed by atoms with Crippen LogP contribution in [-0.4, -0.2) is 38.2 Å². The molecule has 5 nitrogen and oxygen atoms in total. The summed E-state index contributed by atoms with van der Waals surface area (Å²) in [6, 6.07) is 4.96. The molecule has 0 aromatic heterocycles. The van der Waals surface area contributed by atoms with Gasteiger partial charge >= 0.3 is 0 Å². The first kappa shape index (κ1) is 14.6. The molecule has 0 saturated carbocycles. The number of nitrogens with one attached hydrogen (secondary N) is 1. The van der Waals surface area contributed by atoms with Gasteiger partial charge in [-0.05, 0) is 23.8 Å². The first-order valence-corrected chi connectivity index (χ1v) is 6.97. The van der Waals surface area contributed by atoms with Gasteiger partial charge in [0.2, 0.25) is 5.78 Å². The predicted octanol–water partition coefficient (Wildman–Crippen LogP) is 1.48. The zero-order valence-corrected chi connectivity index (χ0v) is 12.0. The van der Waals surface area contributed by atoms with Crippen LogP contribution in [0, 0.1) is 0 Å². The van der Waals surface area contributed by atoms with E-state index in [-0.39, 0.29) is 0 Å². The molecule has 1 fully saturated rings. The highest BCUT2D eigenvalue weighted by molar-refractivity contribution is 8.03. The molecule has 1 atom stereocenters. The van der Waals surface area contributed by atoms with E-state index >= 15 is 0 Å². The van der Waals surface area contributed by atoms with Gasteiger partial charge in [-0.25, -0.2) is 0 Å². The molecule has 1 heterocycles. The van der Waals surface area contributed by atoms with Crippen LogP contribution in [-0.2, 0) is 9.59 Å². The highest BCUT2D eigenvalue weighted by Crippen LogP contribution is 2.32. The van der Waals surface area contributed by atoms with Crippen molar-refractivity contribution < 1.29 is 19.1 Å². The summed E-state index contributed by atoms with van der Waals surface area (Å²) < 4.78 is 10.4. The molecule has 106 valence electrons. The SMILES string of the molecule is COc1ccc(C=C2SCNC2C(=O)C=O)cc1OC. The molecule has 2 rings (SSSR count). The molecule has 1 N–H and O–H groups in total. The van der Waals surface area contributed by atoms with Gasteiger partial charge in [0, 0.05) is 10.8 Å².